The van der Waals surface area contributed by atoms with Crippen molar-refractivity contribution in [2.45, 2.75) is 108 Å². The summed E-state index contributed by atoms with van der Waals surface area (Å²) in [6.07, 6.45) is 4.64. The third-order valence-electron chi connectivity index (χ3n) is 9.95. The van der Waals surface area contributed by atoms with Gasteiger partial charge in [0, 0.05) is 31.5 Å². The Morgan fingerprint density at radius 3 is 2.53 bits per heavy atom. The molecule has 3 aliphatic rings. The fourth-order valence-electron chi connectivity index (χ4n) is 6.78. The molecule has 2 aromatic rings. The second-order valence-corrected chi connectivity index (χ2v) is 16.9. The number of likely N-dealkylation sites (tertiary alicyclic amines) is 1. The summed E-state index contributed by atoms with van der Waals surface area (Å²) < 4.78 is 45.0. The maximum atomic E-state index is 14.5. The van der Waals surface area contributed by atoms with Crippen LogP contribution in [0, 0.1) is 11.3 Å². The lowest BCUT2D eigenvalue weighted by Gasteiger charge is -2.34. The lowest BCUT2D eigenvalue weighted by atomic mass is 9.91. The van der Waals surface area contributed by atoms with Gasteiger partial charge in [0.25, 0.3) is 0 Å². The van der Waals surface area contributed by atoms with Crippen LogP contribution in [0.25, 0.3) is 10.8 Å². The van der Waals surface area contributed by atoms with Crippen LogP contribution in [-0.2, 0) is 29.1 Å². The van der Waals surface area contributed by atoms with Gasteiger partial charge in [-0.1, -0.05) is 25.8 Å². The molecular weight excluding hydrogens is 676 g/mol. The first kappa shape index (κ1) is 38.0. The van der Waals surface area contributed by atoms with E-state index in [0.717, 1.165) is 17.2 Å². The average Bonchev–Trinajstić information content (AvgIpc) is 4.00. The molecule has 2 heterocycles. The molecule has 1 unspecified atom stereocenters. The predicted octanol–water partition coefficient (Wildman–Crippen LogP) is 4.78. The Morgan fingerprint density at radius 1 is 1.20 bits per heavy atom. The molecule has 13 nitrogen and oxygen atoms in total. The van der Waals surface area contributed by atoms with Gasteiger partial charge in [0.15, 0.2) is 5.78 Å². The average molecular weight is 727 g/mol. The zero-order valence-electron chi connectivity index (χ0n) is 30.3. The number of nitrogens with one attached hydrogen (secondary N) is 1. The topological polar surface area (TPSA) is 162 Å². The highest BCUT2D eigenvalue weighted by Crippen LogP contribution is 2.57. The van der Waals surface area contributed by atoms with Gasteiger partial charge < -0.3 is 19.1 Å². The first-order valence-electron chi connectivity index (χ1n) is 17.6. The predicted molar refractivity (Wildman–Crippen MR) is 191 cm³/mol. The highest BCUT2D eigenvalue weighted by Gasteiger charge is 2.61. The first-order chi connectivity index (χ1) is 24.0. The number of likely N-dealkylation sites (N-methyl/N-ethyl adjacent to an activating group) is 1. The zero-order chi connectivity index (χ0) is 37.3. The fraction of sp³-hybridized carbons (Fsp3) is 0.595. The summed E-state index contributed by atoms with van der Waals surface area (Å²) in [4.78, 5) is 62.8. The molecule has 278 valence electrons. The van der Waals surface area contributed by atoms with Crippen LogP contribution in [-0.4, -0.2) is 96.6 Å². The number of sulfonamides is 1. The van der Waals surface area contributed by atoms with Gasteiger partial charge in [-0.15, -0.1) is 6.58 Å². The van der Waals surface area contributed by atoms with Gasteiger partial charge in [-0.3, -0.25) is 24.0 Å². The number of carbonyl (C=O) groups is 4. The monoisotopic (exact) mass is 726 g/mol. The van der Waals surface area contributed by atoms with Gasteiger partial charge in [0.05, 0.1) is 30.4 Å². The number of methoxy groups -OCH3 is 1. The number of hydrogen-bond acceptors (Lipinski definition) is 10. The summed E-state index contributed by atoms with van der Waals surface area (Å²) >= 11 is 0. The molecule has 1 N–H and O–H groups in total. The largest absolute Gasteiger partial charge is 0.497 e. The third kappa shape index (κ3) is 8.48. The number of ketones is 1. The maximum absolute atomic E-state index is 14.5. The van der Waals surface area contributed by atoms with Crippen molar-refractivity contribution in [2.75, 3.05) is 20.7 Å². The number of fused-ring (bicyclic) bond motifs is 1. The molecule has 0 bridgehead atoms. The van der Waals surface area contributed by atoms with Gasteiger partial charge in [-0.2, -0.15) is 0 Å². The van der Waals surface area contributed by atoms with Crippen molar-refractivity contribution in [1.29, 1.82) is 0 Å². The van der Waals surface area contributed by atoms with E-state index in [1.165, 1.54) is 16.8 Å². The second kappa shape index (κ2) is 14.8. The third-order valence-corrected chi connectivity index (χ3v) is 11.8. The van der Waals surface area contributed by atoms with Crippen molar-refractivity contribution in [3.8, 4) is 11.6 Å². The standard InChI is InChI=1S/C37H50N4O9S/c1-8-10-11-29(40(6)35(45)50-36(3,4)5)33(43)41-22-26(49-32-28-15-12-25(48-7)18-23(28)16-17-38-32)19-30(41)31(42)21-37(20-24(37)9-2)34(44)39-51(46,47)27-13-14-27/h9,12,15-18,24,26-27,29-30H,2,8,10-11,13-14,19-22H2,1,3-7H3,(H,39,44)/t24-,26?,29+,30+,37-/m1/s1. The molecule has 1 aromatic heterocycles. The molecule has 1 aliphatic heterocycles. The van der Waals surface area contributed by atoms with Crippen molar-refractivity contribution < 1.29 is 41.8 Å². The summed E-state index contributed by atoms with van der Waals surface area (Å²) in [6, 6.07) is 5.35. The quantitative estimate of drug-likeness (QED) is 0.253. The van der Waals surface area contributed by atoms with Crippen molar-refractivity contribution >= 4 is 44.5 Å². The molecule has 3 amide bonds. The number of allylic oxidation sites excluding steroid dienone is 1. The highest BCUT2D eigenvalue weighted by molar-refractivity contribution is 7.90. The van der Waals surface area contributed by atoms with E-state index in [1.54, 1.807) is 46.2 Å². The van der Waals surface area contributed by atoms with Crippen molar-refractivity contribution in [3.05, 3.63) is 43.1 Å². The van der Waals surface area contributed by atoms with E-state index in [4.69, 9.17) is 14.2 Å². The number of aromatic nitrogens is 1. The van der Waals surface area contributed by atoms with Gasteiger partial charge in [0.1, 0.15) is 23.5 Å². The first-order valence-corrected chi connectivity index (χ1v) is 19.1. The summed E-state index contributed by atoms with van der Waals surface area (Å²) in [5.41, 5.74) is -2.09. The summed E-state index contributed by atoms with van der Waals surface area (Å²) in [5.74, 6) is -0.983. The number of hydrogen-bond donors (Lipinski definition) is 1. The summed E-state index contributed by atoms with van der Waals surface area (Å²) in [7, 11) is -0.760. The maximum Gasteiger partial charge on any atom is 0.410 e. The van der Waals surface area contributed by atoms with Crippen molar-refractivity contribution in [2.24, 2.45) is 11.3 Å². The van der Waals surface area contributed by atoms with Crippen LogP contribution in [0.1, 0.15) is 79.1 Å². The molecule has 2 aliphatic carbocycles. The summed E-state index contributed by atoms with van der Waals surface area (Å²) in [6.45, 7) is 11.0. The Hall–Kier alpha value is -4.20. The number of unbranched alkanes of at least 4 members (excludes halogenated alkanes) is 1. The molecule has 14 heteroatoms. The van der Waals surface area contributed by atoms with E-state index in [-0.39, 0.29) is 25.8 Å². The number of carbonyl (C=O) groups excluding carboxylic acids is 4. The smallest absolute Gasteiger partial charge is 0.410 e. The molecule has 2 saturated carbocycles. The number of ether oxygens (including phenoxy) is 3. The van der Waals surface area contributed by atoms with E-state index in [1.807, 2.05) is 25.1 Å². The molecular formula is C37H50N4O9S. The molecule has 0 spiro atoms. The number of rotatable bonds is 15. The second-order valence-electron chi connectivity index (χ2n) is 15.0. The minimum absolute atomic E-state index is 0.0222. The van der Waals surface area contributed by atoms with Crippen LogP contribution in [0.15, 0.2) is 43.1 Å². The lowest BCUT2D eigenvalue weighted by Crippen LogP contribution is -2.53. The van der Waals surface area contributed by atoms with Crippen LogP contribution < -0.4 is 14.2 Å². The van der Waals surface area contributed by atoms with Crippen LogP contribution in [0.3, 0.4) is 0 Å². The van der Waals surface area contributed by atoms with E-state index in [2.05, 4.69) is 16.3 Å². The van der Waals surface area contributed by atoms with E-state index in [9.17, 15) is 27.6 Å². The van der Waals surface area contributed by atoms with Crippen LogP contribution in [0.5, 0.6) is 11.6 Å². The van der Waals surface area contributed by atoms with Gasteiger partial charge in [-0.25, -0.2) is 18.2 Å². The number of nitrogens with zero attached hydrogens (tertiary/aromatic N) is 3. The molecule has 1 saturated heterocycles. The normalized spacial score (nSPS) is 23.6. The van der Waals surface area contributed by atoms with Gasteiger partial charge in [0.2, 0.25) is 27.7 Å². The molecule has 1 aromatic carbocycles. The number of pyridine rings is 1. The minimum atomic E-state index is -3.85. The number of Topliss-reactive ketones (excluding diaryl/α,β-unsaturated/α-hetero) is 1. The Bertz CT molecular complexity index is 1790. The molecule has 5 atom stereocenters. The molecule has 5 rings (SSSR count). The van der Waals surface area contributed by atoms with E-state index < -0.39 is 74.1 Å². The Kier molecular flexibility index (Phi) is 11.0. The Balaban J connectivity index is 1.45. The molecule has 0 radical (unpaired) electrons. The minimum Gasteiger partial charge on any atom is -0.497 e. The van der Waals surface area contributed by atoms with Crippen LogP contribution in [0.2, 0.25) is 0 Å². The Labute approximate surface area is 300 Å². The highest BCUT2D eigenvalue weighted by atomic mass is 32.2. The van der Waals surface area contributed by atoms with E-state index in [0.29, 0.717) is 37.3 Å². The van der Waals surface area contributed by atoms with Gasteiger partial charge >= 0.3 is 6.09 Å². The Morgan fingerprint density at radius 2 is 1.92 bits per heavy atom. The van der Waals surface area contributed by atoms with Gasteiger partial charge in [-0.05, 0) is 82.0 Å². The van der Waals surface area contributed by atoms with Crippen LogP contribution >= 0.6 is 0 Å². The molecule has 51 heavy (non-hydrogen) atoms. The zero-order valence-corrected chi connectivity index (χ0v) is 31.2. The van der Waals surface area contributed by atoms with Crippen LogP contribution in [0.4, 0.5) is 4.79 Å². The number of benzene rings is 1. The lowest BCUT2D eigenvalue weighted by molar-refractivity contribution is -0.142. The summed E-state index contributed by atoms with van der Waals surface area (Å²) in [5, 5.41) is 0.937. The van der Waals surface area contributed by atoms with E-state index >= 15 is 0 Å². The number of amides is 3. The SMILES string of the molecule is C=C[C@@H]1C[C@]1(CC(=O)[C@@H]1CC(Oc2nccc3cc(OC)ccc23)CN1C(=O)[C@H](CCCC)N(C)C(=O)OC(C)(C)C)C(=O)NS(=O)(=O)C1CC1. The van der Waals surface area contributed by atoms with Crippen molar-refractivity contribution in [3.63, 3.8) is 0 Å². The van der Waals surface area contributed by atoms with Crippen molar-refractivity contribution in [1.82, 2.24) is 19.5 Å². The molecule has 3 fully saturated rings. The fourth-order valence-corrected chi connectivity index (χ4v) is 8.16.